The topological polar surface area (TPSA) is 40.5 Å². The molecule has 0 radical (unpaired) electrons. The van der Waals surface area contributed by atoms with Crippen LogP contribution in [0.4, 0.5) is 5.69 Å². The lowest BCUT2D eigenvalue weighted by Crippen LogP contribution is -2.28. The molecular weight excluding hydrogens is 262 g/mol. The molecule has 1 atom stereocenters. The smallest absolute Gasteiger partial charge is 0.328 e. The molecule has 0 aliphatic rings. The summed E-state index contributed by atoms with van der Waals surface area (Å²) in [6.45, 7) is 4.34. The average Bonchev–Trinajstić information content (AvgIpc) is 2.36. The Hall–Kier alpha value is -1.48. The molecule has 1 rings (SSSR count). The standard InChI is InChI=1S/C15H20ClNO2/c1-4-5-11(2)17(3)13-8-6-12(14(16)10-13)7-9-15(18)19/h6-11H,4-5H2,1-3H3,(H,18,19)/b9-7+. The highest BCUT2D eigenvalue weighted by Gasteiger charge is 2.10. The molecule has 0 spiro atoms. The Bertz CT molecular complexity index is 471. The summed E-state index contributed by atoms with van der Waals surface area (Å²) in [7, 11) is 2.04. The van der Waals surface area contributed by atoms with Crippen LogP contribution in [0, 0.1) is 0 Å². The molecule has 1 aromatic rings. The molecule has 19 heavy (non-hydrogen) atoms. The molecule has 1 unspecified atom stereocenters. The maximum absolute atomic E-state index is 10.5. The SMILES string of the molecule is CCCC(C)N(C)c1ccc(/C=C/C(=O)O)c(Cl)c1. The van der Waals surface area contributed by atoms with Crippen molar-refractivity contribution in [3.05, 3.63) is 34.9 Å². The van der Waals surface area contributed by atoms with E-state index in [9.17, 15) is 4.79 Å². The first-order valence-electron chi connectivity index (χ1n) is 6.39. The van der Waals surface area contributed by atoms with Crippen LogP contribution >= 0.6 is 11.6 Å². The Morgan fingerprint density at radius 1 is 1.53 bits per heavy atom. The molecule has 0 saturated carbocycles. The van der Waals surface area contributed by atoms with Gasteiger partial charge in [-0.25, -0.2) is 4.79 Å². The highest BCUT2D eigenvalue weighted by atomic mass is 35.5. The third-order valence-corrected chi connectivity index (χ3v) is 3.49. The number of anilines is 1. The van der Waals surface area contributed by atoms with Crippen molar-refractivity contribution in [2.24, 2.45) is 0 Å². The number of hydrogen-bond donors (Lipinski definition) is 1. The Kier molecular flexibility index (Phi) is 5.90. The summed E-state index contributed by atoms with van der Waals surface area (Å²) in [6.07, 6.45) is 4.85. The van der Waals surface area contributed by atoms with Crippen molar-refractivity contribution in [2.75, 3.05) is 11.9 Å². The molecule has 3 nitrogen and oxygen atoms in total. The lowest BCUT2D eigenvalue weighted by molar-refractivity contribution is -0.131. The van der Waals surface area contributed by atoms with Gasteiger partial charge in [0.1, 0.15) is 0 Å². The number of benzene rings is 1. The molecule has 0 aliphatic heterocycles. The molecule has 0 aliphatic carbocycles. The van der Waals surface area contributed by atoms with Crippen molar-refractivity contribution in [3.8, 4) is 0 Å². The number of rotatable bonds is 6. The molecule has 0 saturated heterocycles. The molecule has 4 heteroatoms. The zero-order chi connectivity index (χ0) is 14.4. The third-order valence-electron chi connectivity index (χ3n) is 3.16. The molecule has 104 valence electrons. The van der Waals surface area contributed by atoms with Crippen LogP contribution in [0.5, 0.6) is 0 Å². The summed E-state index contributed by atoms with van der Waals surface area (Å²) in [4.78, 5) is 12.7. The van der Waals surface area contributed by atoms with Crippen molar-refractivity contribution in [2.45, 2.75) is 32.7 Å². The third kappa shape index (κ3) is 4.60. The van der Waals surface area contributed by atoms with Crippen molar-refractivity contribution in [1.82, 2.24) is 0 Å². The highest BCUT2D eigenvalue weighted by Crippen LogP contribution is 2.25. The van der Waals surface area contributed by atoms with E-state index in [2.05, 4.69) is 18.7 Å². The number of carbonyl (C=O) groups is 1. The quantitative estimate of drug-likeness (QED) is 0.799. The molecule has 0 aromatic heterocycles. The van der Waals surface area contributed by atoms with Crippen molar-refractivity contribution >= 4 is 29.3 Å². The summed E-state index contributed by atoms with van der Waals surface area (Å²) >= 11 is 6.17. The minimum atomic E-state index is -0.978. The van der Waals surface area contributed by atoms with E-state index in [-0.39, 0.29) is 0 Å². The number of halogens is 1. The number of hydrogen-bond acceptors (Lipinski definition) is 2. The van der Waals surface area contributed by atoms with Crippen LogP contribution in [0.3, 0.4) is 0 Å². The monoisotopic (exact) mass is 281 g/mol. The first-order chi connectivity index (χ1) is 8.95. The van der Waals surface area contributed by atoms with Gasteiger partial charge in [-0.2, -0.15) is 0 Å². The van der Waals surface area contributed by atoms with E-state index in [0.717, 1.165) is 24.6 Å². The van der Waals surface area contributed by atoms with E-state index in [1.54, 1.807) is 0 Å². The van der Waals surface area contributed by atoms with Gasteiger partial charge < -0.3 is 10.0 Å². The van der Waals surface area contributed by atoms with Gasteiger partial charge in [0.25, 0.3) is 0 Å². The van der Waals surface area contributed by atoms with Gasteiger partial charge in [-0.05, 0) is 37.1 Å². The Labute approximate surface area is 119 Å². The number of carboxylic acid groups (broad SMARTS) is 1. The lowest BCUT2D eigenvalue weighted by Gasteiger charge is -2.27. The Morgan fingerprint density at radius 2 is 2.21 bits per heavy atom. The average molecular weight is 282 g/mol. The summed E-state index contributed by atoms with van der Waals surface area (Å²) in [5, 5.41) is 9.16. The molecule has 0 heterocycles. The van der Waals surface area contributed by atoms with Crippen LogP contribution in [0.1, 0.15) is 32.3 Å². The highest BCUT2D eigenvalue weighted by molar-refractivity contribution is 6.32. The summed E-state index contributed by atoms with van der Waals surface area (Å²) in [5.41, 5.74) is 1.75. The fourth-order valence-corrected chi connectivity index (χ4v) is 2.14. The largest absolute Gasteiger partial charge is 0.478 e. The fraction of sp³-hybridized carbons (Fsp3) is 0.400. The van der Waals surface area contributed by atoms with E-state index in [1.165, 1.54) is 6.08 Å². The second-order valence-electron chi connectivity index (χ2n) is 4.63. The Balaban J connectivity index is 2.90. The van der Waals surface area contributed by atoms with Crippen molar-refractivity contribution in [3.63, 3.8) is 0 Å². The van der Waals surface area contributed by atoms with Crippen LogP contribution < -0.4 is 4.90 Å². The van der Waals surface area contributed by atoms with Crippen LogP contribution in [0.15, 0.2) is 24.3 Å². The van der Waals surface area contributed by atoms with Gasteiger partial charge in [-0.1, -0.05) is 31.0 Å². The molecule has 0 amide bonds. The second-order valence-corrected chi connectivity index (χ2v) is 5.03. The maximum atomic E-state index is 10.5. The molecule has 1 N–H and O–H groups in total. The van der Waals surface area contributed by atoms with E-state index < -0.39 is 5.97 Å². The predicted octanol–water partition coefficient (Wildman–Crippen LogP) is 4.06. The van der Waals surface area contributed by atoms with Crippen LogP contribution in [-0.4, -0.2) is 24.2 Å². The first kappa shape index (κ1) is 15.6. The molecular formula is C15H20ClNO2. The zero-order valence-corrected chi connectivity index (χ0v) is 12.3. The summed E-state index contributed by atoms with van der Waals surface area (Å²) in [6, 6.07) is 6.11. The lowest BCUT2D eigenvalue weighted by atomic mass is 10.1. The zero-order valence-electron chi connectivity index (χ0n) is 11.6. The van der Waals surface area contributed by atoms with Crippen LogP contribution in [0.2, 0.25) is 5.02 Å². The summed E-state index contributed by atoms with van der Waals surface area (Å²) < 4.78 is 0. The Morgan fingerprint density at radius 3 is 2.74 bits per heavy atom. The van der Waals surface area contributed by atoms with Crippen molar-refractivity contribution in [1.29, 1.82) is 0 Å². The van der Waals surface area contributed by atoms with E-state index in [0.29, 0.717) is 16.6 Å². The van der Waals surface area contributed by atoms with Gasteiger partial charge in [0.2, 0.25) is 0 Å². The molecule has 0 bridgehead atoms. The van der Waals surface area contributed by atoms with Gasteiger partial charge in [-0.3, -0.25) is 0 Å². The van der Waals surface area contributed by atoms with Gasteiger partial charge in [-0.15, -0.1) is 0 Å². The first-order valence-corrected chi connectivity index (χ1v) is 6.77. The normalized spacial score (nSPS) is 12.6. The van der Waals surface area contributed by atoms with Gasteiger partial charge in [0.05, 0.1) is 0 Å². The minimum absolute atomic E-state index is 0.446. The predicted molar refractivity (Wildman–Crippen MR) is 80.9 cm³/mol. The van der Waals surface area contributed by atoms with Gasteiger partial charge in [0.15, 0.2) is 0 Å². The van der Waals surface area contributed by atoms with Crippen LogP contribution in [0.25, 0.3) is 6.08 Å². The number of aliphatic carboxylic acids is 1. The summed E-state index contributed by atoms with van der Waals surface area (Å²) in [5.74, 6) is -0.978. The van der Waals surface area contributed by atoms with E-state index in [4.69, 9.17) is 16.7 Å². The minimum Gasteiger partial charge on any atom is -0.478 e. The maximum Gasteiger partial charge on any atom is 0.328 e. The number of nitrogens with zero attached hydrogens (tertiary/aromatic N) is 1. The fourth-order valence-electron chi connectivity index (χ4n) is 1.90. The van der Waals surface area contributed by atoms with E-state index in [1.807, 2.05) is 25.2 Å². The molecule has 0 fully saturated rings. The molecule has 1 aromatic carbocycles. The number of carboxylic acids is 1. The van der Waals surface area contributed by atoms with Gasteiger partial charge in [0, 0.05) is 29.9 Å². The van der Waals surface area contributed by atoms with Gasteiger partial charge >= 0.3 is 5.97 Å². The van der Waals surface area contributed by atoms with Crippen molar-refractivity contribution < 1.29 is 9.90 Å². The van der Waals surface area contributed by atoms with Crippen LogP contribution in [-0.2, 0) is 4.79 Å². The van der Waals surface area contributed by atoms with E-state index >= 15 is 0 Å². The second kappa shape index (κ2) is 7.19.